The van der Waals surface area contributed by atoms with Gasteiger partial charge in [-0.3, -0.25) is 9.69 Å². The highest BCUT2D eigenvalue weighted by molar-refractivity contribution is 5.92. The van der Waals surface area contributed by atoms with Gasteiger partial charge in [-0.05, 0) is 38.2 Å². The first kappa shape index (κ1) is 17.4. The second kappa shape index (κ2) is 6.82. The second-order valence-corrected chi connectivity index (χ2v) is 6.65. The molecule has 0 radical (unpaired) electrons. The van der Waals surface area contributed by atoms with Crippen LogP contribution in [0.2, 0.25) is 0 Å². The average Bonchev–Trinajstić information content (AvgIpc) is 2.61. The zero-order chi connectivity index (χ0) is 18.0. The van der Waals surface area contributed by atoms with Gasteiger partial charge >= 0.3 is 0 Å². The largest absolute Gasteiger partial charge is 0.389 e. The molecule has 25 heavy (non-hydrogen) atoms. The number of pyridine rings is 1. The Bertz CT molecular complexity index is 750. The Hall–Kier alpha value is -2.44. The minimum atomic E-state index is -0.705. The van der Waals surface area contributed by atoms with Crippen LogP contribution in [-0.2, 0) is 5.54 Å². The lowest BCUT2D eigenvalue weighted by Crippen LogP contribution is -2.60. The van der Waals surface area contributed by atoms with E-state index in [9.17, 15) is 9.90 Å². The summed E-state index contributed by atoms with van der Waals surface area (Å²) in [5.41, 5.74) is 6.53. The second-order valence-electron chi connectivity index (χ2n) is 6.65. The van der Waals surface area contributed by atoms with E-state index in [1.807, 2.05) is 49.3 Å². The van der Waals surface area contributed by atoms with E-state index in [2.05, 4.69) is 4.98 Å². The number of carbonyl (C=O) groups excluding carboxylic acids is 1. The van der Waals surface area contributed by atoms with Gasteiger partial charge in [0.15, 0.2) is 0 Å². The number of hydrogen-bond acceptors (Lipinski definition) is 5. The van der Waals surface area contributed by atoms with Gasteiger partial charge < -0.3 is 15.7 Å². The molecule has 3 N–H and O–H groups in total. The Kier molecular flexibility index (Phi) is 4.74. The van der Waals surface area contributed by atoms with Gasteiger partial charge in [-0.2, -0.15) is 0 Å². The SMILES string of the molecule is CN(C)[C@]1(c2ccccc2)CCN(C(=O)c2cccc(N)n2)C[C@H]1O. The molecule has 6 nitrogen and oxygen atoms in total. The number of nitrogens with zero attached hydrogens (tertiary/aromatic N) is 3. The lowest BCUT2D eigenvalue weighted by atomic mass is 9.77. The van der Waals surface area contributed by atoms with Gasteiger partial charge in [0.2, 0.25) is 0 Å². The Labute approximate surface area is 147 Å². The van der Waals surface area contributed by atoms with Crippen molar-refractivity contribution in [1.82, 2.24) is 14.8 Å². The number of piperidine rings is 1. The highest BCUT2D eigenvalue weighted by Crippen LogP contribution is 2.37. The summed E-state index contributed by atoms with van der Waals surface area (Å²) in [6, 6.07) is 15.0. The number of carbonyl (C=O) groups is 1. The van der Waals surface area contributed by atoms with Crippen LogP contribution in [0.1, 0.15) is 22.5 Å². The molecule has 6 heteroatoms. The third-order valence-corrected chi connectivity index (χ3v) is 5.06. The molecule has 1 aromatic carbocycles. The van der Waals surface area contributed by atoms with Gasteiger partial charge in [0.25, 0.3) is 5.91 Å². The van der Waals surface area contributed by atoms with Gasteiger partial charge in [0, 0.05) is 13.1 Å². The zero-order valence-electron chi connectivity index (χ0n) is 14.6. The Morgan fingerprint density at radius 1 is 1.24 bits per heavy atom. The number of hydrogen-bond donors (Lipinski definition) is 2. The van der Waals surface area contributed by atoms with Gasteiger partial charge in [-0.15, -0.1) is 0 Å². The molecule has 2 atom stereocenters. The fourth-order valence-electron chi connectivity index (χ4n) is 3.68. The summed E-state index contributed by atoms with van der Waals surface area (Å²) in [5, 5.41) is 11.0. The number of nitrogen functional groups attached to an aromatic ring is 1. The van der Waals surface area contributed by atoms with Crippen molar-refractivity contribution in [3.8, 4) is 0 Å². The van der Waals surface area contributed by atoms with Crippen LogP contribution in [0.25, 0.3) is 0 Å². The predicted molar refractivity (Wildman–Crippen MR) is 97.0 cm³/mol. The van der Waals surface area contributed by atoms with Crippen molar-refractivity contribution in [3.63, 3.8) is 0 Å². The number of amides is 1. The number of nitrogens with two attached hydrogens (primary N) is 1. The molecule has 0 unspecified atom stereocenters. The van der Waals surface area contributed by atoms with Crippen molar-refractivity contribution in [2.24, 2.45) is 0 Å². The van der Waals surface area contributed by atoms with Crippen molar-refractivity contribution in [1.29, 1.82) is 0 Å². The molecule has 132 valence electrons. The number of aliphatic hydroxyl groups excluding tert-OH is 1. The topological polar surface area (TPSA) is 82.7 Å². The highest BCUT2D eigenvalue weighted by atomic mass is 16.3. The van der Waals surface area contributed by atoms with Crippen molar-refractivity contribution < 1.29 is 9.90 Å². The van der Waals surface area contributed by atoms with Crippen molar-refractivity contribution in [2.75, 3.05) is 32.9 Å². The monoisotopic (exact) mass is 340 g/mol. The summed E-state index contributed by atoms with van der Waals surface area (Å²) in [6.45, 7) is 0.793. The fourth-order valence-corrected chi connectivity index (χ4v) is 3.68. The maximum Gasteiger partial charge on any atom is 0.272 e. The van der Waals surface area contributed by atoms with Crippen LogP contribution in [0, 0.1) is 0 Å². The maximum atomic E-state index is 12.7. The third-order valence-electron chi connectivity index (χ3n) is 5.06. The minimum Gasteiger partial charge on any atom is -0.389 e. The fraction of sp³-hybridized carbons (Fsp3) is 0.368. The van der Waals surface area contributed by atoms with Crippen molar-refractivity contribution in [2.45, 2.75) is 18.1 Å². The molecule has 3 rings (SSSR count). The standard InChI is InChI=1S/C19H24N4O2/c1-22(2)19(14-7-4-3-5-8-14)11-12-23(13-16(19)24)18(25)15-9-6-10-17(20)21-15/h3-10,16,24H,11-13H2,1-2H3,(H2,20,21)/t16-,19+/m1/s1. The van der Waals surface area contributed by atoms with Crippen molar-refractivity contribution in [3.05, 3.63) is 59.8 Å². The predicted octanol–water partition coefficient (Wildman–Crippen LogP) is 1.33. The summed E-state index contributed by atoms with van der Waals surface area (Å²) in [7, 11) is 3.93. The number of aromatic nitrogens is 1. The van der Waals surface area contributed by atoms with Gasteiger partial charge in [-0.1, -0.05) is 36.4 Å². The number of aliphatic hydroxyl groups is 1. The van der Waals surface area contributed by atoms with Crippen LogP contribution in [0.5, 0.6) is 0 Å². The van der Waals surface area contributed by atoms with E-state index in [0.717, 1.165) is 5.56 Å². The number of anilines is 1. The summed E-state index contributed by atoms with van der Waals surface area (Å²) in [6.07, 6.45) is -0.0668. The summed E-state index contributed by atoms with van der Waals surface area (Å²) >= 11 is 0. The molecule has 1 aliphatic heterocycles. The number of benzene rings is 1. The molecule has 0 aliphatic carbocycles. The van der Waals surface area contributed by atoms with Crippen LogP contribution in [0.3, 0.4) is 0 Å². The van der Waals surface area contributed by atoms with E-state index in [1.54, 1.807) is 23.1 Å². The van der Waals surface area contributed by atoms with E-state index in [1.165, 1.54) is 0 Å². The molecule has 1 saturated heterocycles. The smallest absolute Gasteiger partial charge is 0.272 e. The highest BCUT2D eigenvalue weighted by Gasteiger charge is 2.46. The molecule has 1 amide bonds. The molecular formula is C19H24N4O2. The average molecular weight is 340 g/mol. The lowest BCUT2D eigenvalue weighted by Gasteiger charge is -2.49. The van der Waals surface area contributed by atoms with Crippen molar-refractivity contribution >= 4 is 11.7 Å². The molecule has 1 fully saturated rings. The van der Waals surface area contributed by atoms with Gasteiger partial charge in [0.05, 0.1) is 11.6 Å². The van der Waals surface area contributed by atoms with Crippen LogP contribution in [-0.4, -0.2) is 59.1 Å². The van der Waals surface area contributed by atoms with E-state index in [0.29, 0.717) is 24.5 Å². The van der Waals surface area contributed by atoms with E-state index >= 15 is 0 Å². The molecule has 2 heterocycles. The van der Waals surface area contributed by atoms with Crippen LogP contribution < -0.4 is 5.73 Å². The zero-order valence-corrected chi connectivity index (χ0v) is 14.6. The minimum absolute atomic E-state index is 0.202. The Morgan fingerprint density at radius 3 is 2.56 bits per heavy atom. The van der Waals surface area contributed by atoms with Gasteiger partial charge in [0.1, 0.15) is 11.5 Å². The molecule has 0 saturated carbocycles. The van der Waals surface area contributed by atoms with Crippen LogP contribution in [0.15, 0.2) is 48.5 Å². The molecular weight excluding hydrogens is 316 g/mol. The molecule has 0 bridgehead atoms. The number of likely N-dealkylation sites (tertiary alicyclic amines) is 1. The summed E-state index contributed by atoms with van der Waals surface area (Å²) in [5.74, 6) is 0.113. The number of rotatable bonds is 3. The summed E-state index contributed by atoms with van der Waals surface area (Å²) < 4.78 is 0. The molecule has 1 aromatic heterocycles. The Balaban J connectivity index is 1.85. The number of β-amino-alcohol motifs (C(OH)–C–C–N with tert-alkyl or cyclic N) is 1. The molecule has 0 spiro atoms. The molecule has 2 aromatic rings. The molecule has 1 aliphatic rings. The normalized spacial score (nSPS) is 23.7. The third kappa shape index (κ3) is 3.10. The van der Waals surface area contributed by atoms with E-state index in [4.69, 9.17) is 5.73 Å². The van der Waals surface area contributed by atoms with Gasteiger partial charge in [-0.25, -0.2) is 4.98 Å². The number of likely N-dealkylation sites (N-methyl/N-ethyl adjacent to an activating group) is 1. The van der Waals surface area contributed by atoms with E-state index in [-0.39, 0.29) is 12.5 Å². The van der Waals surface area contributed by atoms with E-state index < -0.39 is 11.6 Å². The quantitative estimate of drug-likeness (QED) is 0.881. The first-order valence-electron chi connectivity index (χ1n) is 8.38. The Morgan fingerprint density at radius 2 is 1.96 bits per heavy atom. The maximum absolute atomic E-state index is 12.7. The summed E-state index contributed by atoms with van der Waals surface area (Å²) in [4.78, 5) is 20.5. The first-order valence-corrected chi connectivity index (χ1v) is 8.38. The van der Waals surface area contributed by atoms with Crippen LogP contribution >= 0.6 is 0 Å². The lowest BCUT2D eigenvalue weighted by molar-refractivity contribution is -0.0613. The van der Waals surface area contributed by atoms with Crippen LogP contribution in [0.4, 0.5) is 5.82 Å². The first-order chi connectivity index (χ1) is 11.9.